The van der Waals surface area contributed by atoms with E-state index in [1.54, 1.807) is 30.3 Å². The molecule has 1 aliphatic rings. The number of hydrogen-bond donors (Lipinski definition) is 7. The Morgan fingerprint density at radius 1 is 0.891 bits per heavy atom. The molecular weight excluding hydrogens is 708 g/mol. The molecule has 292 valence electrons. The Hall–Kier alpha value is -5.71. The van der Waals surface area contributed by atoms with Gasteiger partial charge in [-0.15, -0.1) is 10.2 Å². The van der Waals surface area contributed by atoms with Crippen LogP contribution in [0.15, 0.2) is 66.7 Å². The molecular formula is C39H48N8O8. The van der Waals surface area contributed by atoms with Crippen LogP contribution in [0.4, 0.5) is 10.5 Å². The number of anilines is 1. The topological polar surface area (TPSA) is 230 Å². The SMILES string of the molecule is Cc1ccc(C[C@H](NC(=O)C2CCC(CNC(=O)O)CC2)C(=O)Nc2ccc(-c3nn[nH]n3)cc2)cc1-c1cccc(C(=O)NCCOCCOCCO)c1. The minimum absolute atomic E-state index is 0.0456. The average Bonchev–Trinajstić information content (AvgIpc) is 3.74. The molecule has 1 aliphatic carbocycles. The summed E-state index contributed by atoms with van der Waals surface area (Å²) in [5.41, 5.74) is 5.22. The molecule has 7 N–H and O–H groups in total. The third-order valence-electron chi connectivity index (χ3n) is 9.47. The standard InChI is InChI=1S/C39H48N8O8/c1-25-5-6-27(21-33(25)30-3-2-4-31(23-30)36(49)40-15-17-54-19-20-55-18-16-48)22-34(43-37(50)29-9-7-26(8-10-29)24-41-39(52)53)38(51)42-32-13-11-28(12-14-32)35-44-46-47-45-35/h2-6,11-14,21,23,26,29,34,41,48H,7-10,15-20,22,24H2,1H3,(H,40,49)(H,42,51)(H,43,50)(H,52,53)(H,44,45,46,47)/t26?,29?,34-/m0/s1. The molecule has 0 aliphatic heterocycles. The van der Waals surface area contributed by atoms with Crippen molar-refractivity contribution in [2.75, 3.05) is 51.4 Å². The molecule has 55 heavy (non-hydrogen) atoms. The lowest BCUT2D eigenvalue weighted by molar-refractivity contribution is -0.130. The number of aryl methyl sites for hydroxylation is 1. The van der Waals surface area contributed by atoms with Crippen LogP contribution in [0.2, 0.25) is 0 Å². The minimum atomic E-state index is -1.06. The van der Waals surface area contributed by atoms with Gasteiger partial charge in [-0.25, -0.2) is 4.79 Å². The fraction of sp³-hybridized carbons (Fsp3) is 0.410. The number of carbonyl (C=O) groups is 4. The number of aromatic nitrogens is 4. The summed E-state index contributed by atoms with van der Waals surface area (Å²) in [7, 11) is 0. The van der Waals surface area contributed by atoms with Gasteiger partial charge in [-0.05, 0) is 102 Å². The largest absolute Gasteiger partial charge is 0.465 e. The van der Waals surface area contributed by atoms with E-state index in [0.717, 1.165) is 22.3 Å². The van der Waals surface area contributed by atoms with Crippen LogP contribution in [0.5, 0.6) is 0 Å². The van der Waals surface area contributed by atoms with E-state index in [1.807, 2.05) is 43.3 Å². The number of benzene rings is 3. The maximum absolute atomic E-state index is 13.9. The number of rotatable bonds is 19. The summed E-state index contributed by atoms with van der Waals surface area (Å²) >= 11 is 0. The Morgan fingerprint density at radius 2 is 1.65 bits per heavy atom. The number of aliphatic hydroxyl groups excluding tert-OH is 1. The molecule has 0 radical (unpaired) electrons. The molecule has 4 amide bonds. The van der Waals surface area contributed by atoms with Gasteiger partial charge in [-0.1, -0.05) is 30.3 Å². The highest BCUT2D eigenvalue weighted by Gasteiger charge is 2.30. The molecule has 4 aromatic rings. The van der Waals surface area contributed by atoms with Crippen molar-refractivity contribution < 1.29 is 38.9 Å². The second-order valence-corrected chi connectivity index (χ2v) is 13.4. The Bertz CT molecular complexity index is 1860. The second-order valence-electron chi connectivity index (χ2n) is 13.4. The number of aromatic amines is 1. The number of hydrogen-bond acceptors (Lipinski definition) is 10. The Kier molecular flexibility index (Phi) is 15.2. The second kappa shape index (κ2) is 20.7. The van der Waals surface area contributed by atoms with Gasteiger partial charge in [0.2, 0.25) is 17.6 Å². The molecule has 3 aromatic carbocycles. The summed E-state index contributed by atoms with van der Waals surface area (Å²) in [6.07, 6.45) is 1.73. The number of nitrogens with zero attached hydrogens (tertiary/aromatic N) is 3. The zero-order valence-corrected chi connectivity index (χ0v) is 30.8. The first kappa shape index (κ1) is 40.5. The summed E-state index contributed by atoms with van der Waals surface area (Å²) in [5, 5.41) is 43.0. The highest BCUT2D eigenvalue weighted by molar-refractivity contribution is 5.98. The van der Waals surface area contributed by atoms with Gasteiger partial charge in [-0.3, -0.25) is 14.4 Å². The van der Waals surface area contributed by atoms with Gasteiger partial charge >= 0.3 is 6.09 Å². The average molecular weight is 757 g/mol. The van der Waals surface area contributed by atoms with Gasteiger partial charge in [0.25, 0.3) is 5.91 Å². The highest BCUT2D eigenvalue weighted by atomic mass is 16.5. The molecule has 0 saturated heterocycles. The van der Waals surface area contributed by atoms with Crippen LogP contribution < -0.4 is 21.3 Å². The fourth-order valence-corrected chi connectivity index (χ4v) is 6.47. The van der Waals surface area contributed by atoms with Crippen LogP contribution in [-0.4, -0.2) is 107 Å². The van der Waals surface area contributed by atoms with Gasteiger partial charge in [0.1, 0.15) is 6.04 Å². The highest BCUT2D eigenvalue weighted by Crippen LogP contribution is 2.30. The van der Waals surface area contributed by atoms with Crippen molar-refractivity contribution in [2.45, 2.75) is 45.1 Å². The van der Waals surface area contributed by atoms with Gasteiger partial charge in [0.15, 0.2) is 0 Å². The van der Waals surface area contributed by atoms with E-state index in [1.165, 1.54) is 0 Å². The zero-order chi connectivity index (χ0) is 39.0. The van der Waals surface area contributed by atoms with E-state index in [4.69, 9.17) is 19.7 Å². The number of carbonyl (C=O) groups excluding carboxylic acids is 3. The number of tetrazole rings is 1. The van der Waals surface area contributed by atoms with Crippen molar-refractivity contribution in [3.05, 3.63) is 83.4 Å². The summed E-state index contributed by atoms with van der Waals surface area (Å²) in [4.78, 5) is 51.4. The summed E-state index contributed by atoms with van der Waals surface area (Å²) in [6, 6.07) is 19.2. The zero-order valence-electron chi connectivity index (χ0n) is 30.8. The van der Waals surface area contributed by atoms with E-state index in [2.05, 4.69) is 41.9 Å². The normalized spacial score (nSPS) is 15.8. The van der Waals surface area contributed by atoms with Gasteiger partial charge in [0, 0.05) is 42.2 Å². The minimum Gasteiger partial charge on any atom is -0.465 e. The lowest BCUT2D eigenvalue weighted by atomic mass is 9.81. The van der Waals surface area contributed by atoms with Crippen LogP contribution >= 0.6 is 0 Å². The fourth-order valence-electron chi connectivity index (χ4n) is 6.47. The molecule has 1 aromatic heterocycles. The quantitative estimate of drug-likeness (QED) is 0.0687. The molecule has 1 heterocycles. The monoisotopic (exact) mass is 756 g/mol. The van der Waals surface area contributed by atoms with Crippen LogP contribution in [0.25, 0.3) is 22.5 Å². The van der Waals surface area contributed by atoms with Crippen LogP contribution in [-0.2, 0) is 25.5 Å². The van der Waals surface area contributed by atoms with Crippen molar-refractivity contribution >= 4 is 29.5 Å². The Balaban J connectivity index is 1.27. The molecule has 0 unspecified atom stereocenters. The maximum Gasteiger partial charge on any atom is 0.404 e. The first-order valence-electron chi connectivity index (χ1n) is 18.4. The molecule has 5 rings (SSSR count). The third-order valence-corrected chi connectivity index (χ3v) is 9.47. The molecule has 16 nitrogen and oxygen atoms in total. The van der Waals surface area contributed by atoms with Crippen LogP contribution in [0, 0.1) is 18.8 Å². The summed E-state index contributed by atoms with van der Waals surface area (Å²) < 4.78 is 10.6. The van der Waals surface area contributed by atoms with E-state index in [0.29, 0.717) is 81.2 Å². The predicted octanol–water partition coefficient (Wildman–Crippen LogP) is 3.34. The van der Waals surface area contributed by atoms with Gasteiger partial charge in [0.05, 0.1) is 33.0 Å². The number of carboxylic acid groups (broad SMARTS) is 1. The number of H-pyrrole nitrogens is 1. The molecule has 1 saturated carbocycles. The number of nitrogens with one attached hydrogen (secondary N) is 5. The molecule has 16 heteroatoms. The molecule has 0 bridgehead atoms. The van der Waals surface area contributed by atoms with E-state index >= 15 is 0 Å². The van der Waals surface area contributed by atoms with Crippen molar-refractivity contribution in [2.24, 2.45) is 11.8 Å². The first-order chi connectivity index (χ1) is 26.7. The van der Waals surface area contributed by atoms with Crippen molar-refractivity contribution in [1.82, 2.24) is 36.6 Å². The number of ether oxygens (including phenoxy) is 2. The number of aliphatic hydroxyl groups is 1. The van der Waals surface area contributed by atoms with E-state index < -0.39 is 12.1 Å². The van der Waals surface area contributed by atoms with E-state index in [9.17, 15) is 19.2 Å². The molecule has 0 spiro atoms. The van der Waals surface area contributed by atoms with Crippen molar-refractivity contribution in [3.63, 3.8) is 0 Å². The molecule has 1 atom stereocenters. The molecule has 1 fully saturated rings. The Morgan fingerprint density at radius 3 is 2.36 bits per heavy atom. The number of amides is 4. The summed E-state index contributed by atoms with van der Waals surface area (Å²) in [5.74, 6) is -0.571. The maximum atomic E-state index is 13.9. The predicted molar refractivity (Wildman–Crippen MR) is 203 cm³/mol. The first-order valence-corrected chi connectivity index (χ1v) is 18.4. The van der Waals surface area contributed by atoms with Crippen molar-refractivity contribution in [3.8, 4) is 22.5 Å². The van der Waals surface area contributed by atoms with Gasteiger partial charge in [-0.2, -0.15) is 5.21 Å². The lowest BCUT2D eigenvalue weighted by Gasteiger charge is -2.29. The van der Waals surface area contributed by atoms with Crippen LogP contribution in [0.1, 0.15) is 47.2 Å². The lowest BCUT2D eigenvalue weighted by Crippen LogP contribution is -2.48. The van der Waals surface area contributed by atoms with Crippen molar-refractivity contribution in [1.29, 1.82) is 0 Å². The third kappa shape index (κ3) is 12.4. The van der Waals surface area contributed by atoms with Crippen LogP contribution in [0.3, 0.4) is 0 Å². The van der Waals surface area contributed by atoms with E-state index in [-0.39, 0.29) is 49.2 Å². The smallest absolute Gasteiger partial charge is 0.404 e. The Labute approximate surface area is 318 Å². The van der Waals surface area contributed by atoms with Gasteiger partial charge < -0.3 is 41.0 Å². The summed E-state index contributed by atoms with van der Waals surface area (Å²) in [6.45, 7) is 3.89.